The third-order valence-corrected chi connectivity index (χ3v) is 4.27. The highest BCUT2D eigenvalue weighted by molar-refractivity contribution is 6.46. The van der Waals surface area contributed by atoms with E-state index < -0.39 is 23.7 Å². The van der Waals surface area contributed by atoms with Crippen LogP contribution in [0, 0.1) is 0 Å². The third kappa shape index (κ3) is 3.21. The Morgan fingerprint density at radius 2 is 1.50 bits per heavy atom. The summed E-state index contributed by atoms with van der Waals surface area (Å²) in [5.41, 5.74) is 1.03. The van der Waals surface area contributed by atoms with Crippen molar-refractivity contribution < 1.29 is 24.6 Å². The molecule has 1 fully saturated rings. The van der Waals surface area contributed by atoms with Crippen LogP contribution >= 0.6 is 0 Å². The first-order valence-corrected chi connectivity index (χ1v) is 8.11. The Balaban J connectivity index is 2.13. The highest BCUT2D eigenvalue weighted by Crippen LogP contribution is 2.39. The lowest BCUT2D eigenvalue weighted by Gasteiger charge is -2.24. The second kappa shape index (κ2) is 7.23. The first kappa shape index (κ1) is 17.4. The van der Waals surface area contributed by atoms with E-state index in [4.69, 9.17) is 5.11 Å². The molecular weight excluding hydrogens is 334 g/mol. The van der Waals surface area contributed by atoms with Gasteiger partial charge in [0, 0.05) is 12.1 Å². The number of likely N-dealkylation sites (tertiary alicyclic amines) is 1. The van der Waals surface area contributed by atoms with E-state index in [-0.39, 0.29) is 24.3 Å². The summed E-state index contributed by atoms with van der Waals surface area (Å²) in [5, 5.41) is 19.7. The van der Waals surface area contributed by atoms with Crippen molar-refractivity contribution >= 4 is 23.4 Å². The maximum absolute atomic E-state index is 12.6. The molecule has 6 nitrogen and oxygen atoms in total. The summed E-state index contributed by atoms with van der Waals surface area (Å²) in [5.74, 6) is -2.96. The highest BCUT2D eigenvalue weighted by Gasteiger charge is 2.45. The van der Waals surface area contributed by atoms with Gasteiger partial charge in [0.15, 0.2) is 0 Å². The van der Waals surface area contributed by atoms with Crippen molar-refractivity contribution in [3.63, 3.8) is 0 Å². The van der Waals surface area contributed by atoms with E-state index in [0.717, 1.165) is 0 Å². The second-order valence-electron chi connectivity index (χ2n) is 5.91. The fraction of sp³-hybridized carbons (Fsp3) is 0.150. The Kier molecular flexibility index (Phi) is 4.84. The Bertz CT molecular complexity index is 874. The second-order valence-corrected chi connectivity index (χ2v) is 5.91. The van der Waals surface area contributed by atoms with Gasteiger partial charge in [-0.15, -0.1) is 0 Å². The van der Waals surface area contributed by atoms with Crippen LogP contribution in [0.15, 0.2) is 66.2 Å². The van der Waals surface area contributed by atoms with Gasteiger partial charge in [0.2, 0.25) is 0 Å². The van der Waals surface area contributed by atoms with Crippen LogP contribution in [0.25, 0.3) is 5.76 Å². The molecule has 1 heterocycles. The van der Waals surface area contributed by atoms with E-state index in [1.807, 2.05) is 0 Å². The van der Waals surface area contributed by atoms with Crippen LogP contribution in [-0.4, -0.2) is 39.3 Å². The first-order chi connectivity index (χ1) is 12.5. The van der Waals surface area contributed by atoms with Crippen molar-refractivity contribution in [2.45, 2.75) is 12.5 Å². The monoisotopic (exact) mass is 351 g/mol. The number of rotatable bonds is 5. The molecule has 1 aliphatic rings. The number of amides is 1. The van der Waals surface area contributed by atoms with Crippen molar-refractivity contribution in [3.8, 4) is 0 Å². The molecule has 1 atom stereocenters. The lowest BCUT2D eigenvalue weighted by atomic mass is 9.95. The maximum Gasteiger partial charge on any atom is 0.305 e. The standard InChI is InChI=1S/C20H17NO5/c22-15(23)11-12-21-17(13-7-3-1-4-8-13)16(19(25)20(21)26)18(24)14-9-5-2-6-10-14/h1-10,17,24H,11-12H2,(H,22,23)/t17-/m0/s1. The van der Waals surface area contributed by atoms with Crippen LogP contribution < -0.4 is 0 Å². The predicted molar refractivity (Wildman–Crippen MR) is 94.1 cm³/mol. The van der Waals surface area contributed by atoms with Gasteiger partial charge in [-0.2, -0.15) is 0 Å². The minimum absolute atomic E-state index is 0.0298. The van der Waals surface area contributed by atoms with Gasteiger partial charge in [-0.05, 0) is 5.56 Å². The molecule has 2 aromatic rings. The van der Waals surface area contributed by atoms with Gasteiger partial charge >= 0.3 is 5.97 Å². The lowest BCUT2D eigenvalue weighted by molar-refractivity contribution is -0.142. The minimum atomic E-state index is -1.07. The topological polar surface area (TPSA) is 94.9 Å². The lowest BCUT2D eigenvalue weighted by Crippen LogP contribution is -2.31. The van der Waals surface area contributed by atoms with E-state index in [1.165, 1.54) is 4.90 Å². The molecule has 26 heavy (non-hydrogen) atoms. The smallest absolute Gasteiger partial charge is 0.305 e. The van der Waals surface area contributed by atoms with Crippen LogP contribution in [0.5, 0.6) is 0 Å². The van der Waals surface area contributed by atoms with E-state index in [9.17, 15) is 19.5 Å². The molecule has 2 N–H and O–H groups in total. The number of ketones is 1. The summed E-state index contributed by atoms with van der Waals surface area (Å²) < 4.78 is 0. The van der Waals surface area contributed by atoms with Crippen LogP contribution in [0.1, 0.15) is 23.6 Å². The summed E-state index contributed by atoms with van der Waals surface area (Å²) in [7, 11) is 0. The number of carboxylic acids is 1. The number of hydrogen-bond acceptors (Lipinski definition) is 4. The van der Waals surface area contributed by atoms with Crippen molar-refractivity contribution in [2.75, 3.05) is 6.54 Å². The molecule has 132 valence electrons. The number of carboxylic acid groups (broad SMARTS) is 1. The fourth-order valence-corrected chi connectivity index (χ4v) is 3.06. The summed E-state index contributed by atoms with van der Waals surface area (Å²) in [6, 6.07) is 16.5. The SMILES string of the molecule is O=C(O)CCN1C(=O)C(=O)C(=C(O)c2ccccc2)[C@@H]1c1ccccc1. The number of carbonyl (C=O) groups is 3. The van der Waals surface area contributed by atoms with Crippen LogP contribution in [0.3, 0.4) is 0 Å². The van der Waals surface area contributed by atoms with Gasteiger partial charge in [-0.1, -0.05) is 60.7 Å². The molecule has 0 aliphatic carbocycles. The first-order valence-electron chi connectivity index (χ1n) is 8.11. The third-order valence-electron chi connectivity index (χ3n) is 4.27. The zero-order valence-electron chi connectivity index (χ0n) is 13.8. The number of hydrogen-bond donors (Lipinski definition) is 2. The maximum atomic E-state index is 12.6. The number of aliphatic hydroxyl groups excluding tert-OH is 1. The summed E-state index contributed by atoms with van der Waals surface area (Å²) in [4.78, 5) is 37.2. The van der Waals surface area contributed by atoms with Crippen LogP contribution in [0.2, 0.25) is 0 Å². The molecule has 0 bridgehead atoms. The average molecular weight is 351 g/mol. The molecule has 0 spiro atoms. The van der Waals surface area contributed by atoms with E-state index in [1.54, 1.807) is 60.7 Å². The Morgan fingerprint density at radius 3 is 2.08 bits per heavy atom. The molecule has 0 aromatic heterocycles. The Morgan fingerprint density at radius 1 is 0.923 bits per heavy atom. The largest absolute Gasteiger partial charge is 0.507 e. The number of benzene rings is 2. The van der Waals surface area contributed by atoms with Gasteiger partial charge in [0.25, 0.3) is 11.7 Å². The molecular formula is C20H17NO5. The molecule has 6 heteroatoms. The van der Waals surface area contributed by atoms with Crippen molar-refractivity contribution in [1.29, 1.82) is 0 Å². The molecule has 1 aliphatic heterocycles. The number of aliphatic hydroxyl groups is 1. The molecule has 1 saturated heterocycles. The molecule has 0 unspecified atom stereocenters. The normalized spacial score (nSPS) is 18.9. The number of aliphatic carboxylic acids is 1. The number of Topliss-reactive ketones (excluding diaryl/α,β-unsaturated/α-hetero) is 1. The van der Waals surface area contributed by atoms with Gasteiger partial charge in [0.1, 0.15) is 5.76 Å². The average Bonchev–Trinajstić information content (AvgIpc) is 2.91. The highest BCUT2D eigenvalue weighted by atomic mass is 16.4. The Labute approximate surface area is 150 Å². The van der Waals surface area contributed by atoms with E-state index in [0.29, 0.717) is 11.1 Å². The molecule has 0 radical (unpaired) electrons. The Hall–Kier alpha value is -3.41. The quantitative estimate of drug-likeness (QED) is 0.490. The summed E-state index contributed by atoms with van der Waals surface area (Å²) in [6.45, 7) is -0.120. The zero-order chi connectivity index (χ0) is 18.7. The molecule has 3 rings (SSSR count). The van der Waals surface area contributed by atoms with E-state index in [2.05, 4.69) is 0 Å². The predicted octanol–water partition coefficient (Wildman–Crippen LogP) is 2.58. The van der Waals surface area contributed by atoms with Crippen molar-refractivity contribution in [3.05, 3.63) is 77.4 Å². The van der Waals surface area contributed by atoms with Crippen LogP contribution in [-0.2, 0) is 14.4 Å². The van der Waals surface area contributed by atoms with Gasteiger partial charge in [-0.25, -0.2) is 0 Å². The fourth-order valence-electron chi connectivity index (χ4n) is 3.06. The van der Waals surface area contributed by atoms with Gasteiger partial charge in [-0.3, -0.25) is 14.4 Å². The van der Waals surface area contributed by atoms with Crippen LogP contribution in [0.4, 0.5) is 0 Å². The van der Waals surface area contributed by atoms with Gasteiger partial charge < -0.3 is 15.1 Å². The summed E-state index contributed by atoms with van der Waals surface area (Å²) in [6.07, 6.45) is -0.290. The zero-order valence-corrected chi connectivity index (χ0v) is 13.8. The van der Waals surface area contributed by atoms with Gasteiger partial charge in [0.05, 0.1) is 18.0 Å². The number of carbonyl (C=O) groups excluding carboxylic acids is 2. The number of nitrogens with zero attached hydrogens (tertiary/aromatic N) is 1. The van der Waals surface area contributed by atoms with Crippen molar-refractivity contribution in [2.24, 2.45) is 0 Å². The van der Waals surface area contributed by atoms with E-state index >= 15 is 0 Å². The molecule has 2 aromatic carbocycles. The minimum Gasteiger partial charge on any atom is -0.507 e. The molecule has 1 amide bonds. The molecule has 0 saturated carbocycles. The van der Waals surface area contributed by atoms with Crippen molar-refractivity contribution in [1.82, 2.24) is 4.90 Å². The summed E-state index contributed by atoms with van der Waals surface area (Å²) >= 11 is 0.